The van der Waals surface area contributed by atoms with E-state index in [0.29, 0.717) is 38.4 Å². The summed E-state index contributed by atoms with van der Waals surface area (Å²) in [5.41, 5.74) is 3.10. The summed E-state index contributed by atoms with van der Waals surface area (Å²) in [6.45, 7) is 2.92. The molecule has 0 saturated carbocycles. The van der Waals surface area contributed by atoms with Crippen molar-refractivity contribution in [3.8, 4) is 0 Å². The van der Waals surface area contributed by atoms with Crippen LogP contribution in [0.1, 0.15) is 18.4 Å². The van der Waals surface area contributed by atoms with Crippen molar-refractivity contribution < 1.29 is 9.59 Å². The van der Waals surface area contributed by atoms with Gasteiger partial charge < -0.3 is 20.0 Å². The molecular formula is C22H29N7O2. The van der Waals surface area contributed by atoms with E-state index in [1.807, 2.05) is 41.2 Å². The van der Waals surface area contributed by atoms with Crippen molar-refractivity contribution in [3.63, 3.8) is 0 Å². The fraction of sp³-hybridized carbons (Fsp3) is 0.455. The molecule has 9 nitrogen and oxygen atoms in total. The van der Waals surface area contributed by atoms with Crippen molar-refractivity contribution in [2.45, 2.75) is 19.3 Å². The average Bonchev–Trinajstić information content (AvgIpc) is 3.40. The Morgan fingerprint density at radius 3 is 2.81 bits per heavy atom. The van der Waals surface area contributed by atoms with Crippen molar-refractivity contribution >= 4 is 29.1 Å². The number of aryl methyl sites for hydroxylation is 1. The Labute approximate surface area is 182 Å². The number of benzene rings is 1. The molecule has 1 saturated heterocycles. The van der Waals surface area contributed by atoms with Crippen LogP contribution in [0.4, 0.5) is 11.4 Å². The fourth-order valence-corrected chi connectivity index (χ4v) is 4.18. The number of anilines is 2. The van der Waals surface area contributed by atoms with Gasteiger partial charge in [-0.25, -0.2) is 0 Å². The number of hydrogen-bond acceptors (Lipinski definition) is 4. The van der Waals surface area contributed by atoms with E-state index in [1.54, 1.807) is 22.8 Å². The molecule has 2 aliphatic rings. The lowest BCUT2D eigenvalue weighted by Gasteiger charge is -2.35. The first-order valence-corrected chi connectivity index (χ1v) is 10.7. The van der Waals surface area contributed by atoms with E-state index in [4.69, 9.17) is 0 Å². The predicted molar refractivity (Wildman–Crippen MR) is 120 cm³/mol. The van der Waals surface area contributed by atoms with Crippen molar-refractivity contribution in [2.75, 3.05) is 49.6 Å². The minimum absolute atomic E-state index is 0.0186. The van der Waals surface area contributed by atoms with Crippen LogP contribution in [0.5, 0.6) is 0 Å². The van der Waals surface area contributed by atoms with Crippen molar-refractivity contribution in [2.24, 2.45) is 12.0 Å². The highest BCUT2D eigenvalue weighted by atomic mass is 16.2. The zero-order chi connectivity index (χ0) is 21.8. The zero-order valence-electron chi connectivity index (χ0n) is 18.1. The molecule has 1 aromatic carbocycles. The molecule has 0 aliphatic carbocycles. The van der Waals surface area contributed by atoms with E-state index >= 15 is 0 Å². The van der Waals surface area contributed by atoms with Gasteiger partial charge in [0.25, 0.3) is 0 Å². The highest BCUT2D eigenvalue weighted by Crippen LogP contribution is 2.28. The van der Waals surface area contributed by atoms with Crippen molar-refractivity contribution in [1.29, 1.82) is 0 Å². The van der Waals surface area contributed by atoms with Gasteiger partial charge in [-0.3, -0.25) is 19.3 Å². The van der Waals surface area contributed by atoms with Crippen LogP contribution in [0, 0.1) is 0 Å². The number of fused-ring (bicyclic) bond motifs is 1. The normalized spacial score (nSPS) is 16.6. The monoisotopic (exact) mass is 423 g/mol. The summed E-state index contributed by atoms with van der Waals surface area (Å²) in [4.78, 5) is 35.2. The van der Waals surface area contributed by atoms with Crippen LogP contribution in [0.3, 0.4) is 0 Å². The van der Waals surface area contributed by atoms with Gasteiger partial charge in [0.2, 0.25) is 11.8 Å². The largest absolute Gasteiger partial charge is 0.356 e. The predicted octanol–water partition coefficient (Wildman–Crippen LogP) is 1.01. The molecule has 0 unspecified atom stereocenters. The van der Waals surface area contributed by atoms with E-state index in [1.165, 1.54) is 5.56 Å². The Morgan fingerprint density at radius 2 is 2.06 bits per heavy atom. The molecule has 0 bridgehead atoms. The maximum absolute atomic E-state index is 12.6. The highest BCUT2D eigenvalue weighted by molar-refractivity contribution is 5.98. The number of para-hydroxylation sites is 1. The molecule has 1 aromatic heterocycles. The van der Waals surface area contributed by atoms with E-state index in [0.717, 1.165) is 24.3 Å². The molecule has 31 heavy (non-hydrogen) atoms. The molecule has 1 fully saturated rings. The van der Waals surface area contributed by atoms with Crippen LogP contribution in [-0.4, -0.2) is 72.2 Å². The smallest absolute Gasteiger partial charge is 0.246 e. The summed E-state index contributed by atoms with van der Waals surface area (Å²) in [7, 11) is 3.55. The number of carbonyl (C=O) groups is 2. The van der Waals surface area contributed by atoms with Gasteiger partial charge in [-0.1, -0.05) is 18.2 Å². The van der Waals surface area contributed by atoms with Crippen molar-refractivity contribution in [3.05, 3.63) is 42.2 Å². The van der Waals surface area contributed by atoms with Crippen LogP contribution in [0.25, 0.3) is 0 Å². The standard InChI is InChI=1S/C22H29N7O2/c1-23-22(27-12-13-28(21(31)16-27)18-14-25-26(2)15-18)24-10-5-8-20(30)29-11-9-17-6-3-4-7-19(17)29/h3-4,6-7,14-15H,5,8-13,16H2,1-2H3,(H,23,24). The van der Waals surface area contributed by atoms with Crippen molar-refractivity contribution in [1.82, 2.24) is 20.0 Å². The number of rotatable bonds is 5. The molecule has 0 atom stereocenters. The lowest BCUT2D eigenvalue weighted by molar-refractivity contribution is -0.120. The van der Waals surface area contributed by atoms with Crippen LogP contribution in [0.2, 0.25) is 0 Å². The molecule has 2 aromatic rings. The number of aliphatic imine (C=N–C) groups is 1. The Hall–Kier alpha value is -3.36. The third kappa shape index (κ3) is 4.55. The quantitative estimate of drug-likeness (QED) is 0.441. The summed E-state index contributed by atoms with van der Waals surface area (Å²) < 4.78 is 1.69. The Kier molecular flexibility index (Phi) is 6.20. The highest BCUT2D eigenvalue weighted by Gasteiger charge is 2.28. The minimum Gasteiger partial charge on any atom is -0.356 e. The number of carbonyl (C=O) groups excluding carboxylic acids is 2. The van der Waals surface area contributed by atoms with E-state index in [-0.39, 0.29) is 18.4 Å². The first-order chi connectivity index (χ1) is 15.1. The third-order valence-corrected chi connectivity index (χ3v) is 5.77. The van der Waals surface area contributed by atoms with Gasteiger partial charge in [0, 0.05) is 58.6 Å². The average molecular weight is 424 g/mol. The van der Waals surface area contributed by atoms with Gasteiger partial charge in [-0.05, 0) is 24.5 Å². The lowest BCUT2D eigenvalue weighted by Crippen LogP contribution is -2.55. The maximum atomic E-state index is 12.6. The second kappa shape index (κ2) is 9.20. The number of aromatic nitrogens is 2. The maximum Gasteiger partial charge on any atom is 0.246 e. The number of hydrogen-bond donors (Lipinski definition) is 1. The molecule has 3 heterocycles. The topological polar surface area (TPSA) is 86.1 Å². The van der Waals surface area contributed by atoms with E-state index in [2.05, 4.69) is 21.5 Å². The first-order valence-electron chi connectivity index (χ1n) is 10.7. The van der Waals surface area contributed by atoms with E-state index < -0.39 is 0 Å². The van der Waals surface area contributed by atoms with Gasteiger partial charge in [0.05, 0.1) is 11.9 Å². The molecule has 164 valence electrons. The number of nitrogens with zero attached hydrogens (tertiary/aromatic N) is 6. The molecule has 0 radical (unpaired) electrons. The summed E-state index contributed by atoms with van der Waals surface area (Å²) in [6.07, 6.45) is 5.66. The summed E-state index contributed by atoms with van der Waals surface area (Å²) in [5.74, 6) is 0.866. The van der Waals surface area contributed by atoms with Crippen LogP contribution in [-0.2, 0) is 23.1 Å². The Bertz CT molecular complexity index is 984. The minimum atomic E-state index is 0.0186. The fourth-order valence-electron chi connectivity index (χ4n) is 4.18. The lowest BCUT2D eigenvalue weighted by atomic mass is 10.2. The van der Waals surface area contributed by atoms with E-state index in [9.17, 15) is 9.59 Å². The van der Waals surface area contributed by atoms with Gasteiger partial charge >= 0.3 is 0 Å². The molecule has 1 N–H and O–H groups in total. The summed E-state index contributed by atoms with van der Waals surface area (Å²) in [5, 5.41) is 7.45. The van der Waals surface area contributed by atoms with Crippen LogP contribution >= 0.6 is 0 Å². The molecule has 2 amide bonds. The number of piperazine rings is 1. The van der Waals surface area contributed by atoms with Gasteiger partial charge in [0.15, 0.2) is 5.96 Å². The summed E-state index contributed by atoms with van der Waals surface area (Å²) >= 11 is 0. The number of amides is 2. The Balaban J connectivity index is 1.23. The van der Waals surface area contributed by atoms with Crippen LogP contribution < -0.4 is 15.1 Å². The summed E-state index contributed by atoms with van der Waals surface area (Å²) in [6, 6.07) is 8.10. The van der Waals surface area contributed by atoms with Gasteiger partial charge in [-0.15, -0.1) is 0 Å². The first kappa shape index (κ1) is 20.9. The number of guanidine groups is 1. The molecule has 2 aliphatic heterocycles. The Morgan fingerprint density at radius 1 is 1.23 bits per heavy atom. The van der Waals surface area contributed by atoms with Gasteiger partial charge in [-0.2, -0.15) is 5.10 Å². The number of nitrogens with one attached hydrogen (secondary N) is 1. The third-order valence-electron chi connectivity index (χ3n) is 5.77. The molecule has 9 heteroatoms. The molecular weight excluding hydrogens is 394 g/mol. The van der Waals surface area contributed by atoms with Crippen LogP contribution in [0.15, 0.2) is 41.7 Å². The molecule has 0 spiro atoms. The second-order valence-electron chi connectivity index (χ2n) is 7.84. The SMILES string of the molecule is CN=C(NCCCC(=O)N1CCc2ccccc21)N1CCN(c2cnn(C)c2)C(=O)C1. The van der Waals surface area contributed by atoms with Gasteiger partial charge in [0.1, 0.15) is 6.54 Å². The zero-order valence-corrected chi connectivity index (χ0v) is 18.1. The second-order valence-corrected chi connectivity index (χ2v) is 7.84. The molecule has 4 rings (SSSR count).